The Bertz CT molecular complexity index is 457. The summed E-state index contributed by atoms with van der Waals surface area (Å²) in [5.41, 5.74) is 0.619. The van der Waals surface area contributed by atoms with Gasteiger partial charge in [-0.3, -0.25) is 4.79 Å². The van der Waals surface area contributed by atoms with Crippen LogP contribution in [0.2, 0.25) is 5.02 Å². The van der Waals surface area contributed by atoms with E-state index in [9.17, 15) is 4.79 Å². The Morgan fingerprint density at radius 2 is 2.25 bits per heavy atom. The van der Waals surface area contributed by atoms with E-state index in [1.807, 2.05) is 38.1 Å². The molecule has 1 aliphatic rings. The molecule has 2 rings (SSSR count). The van der Waals surface area contributed by atoms with Crippen molar-refractivity contribution >= 4 is 29.9 Å². The van der Waals surface area contributed by atoms with E-state index < -0.39 is 5.54 Å². The molecule has 1 aromatic rings. The van der Waals surface area contributed by atoms with Gasteiger partial charge in [0, 0.05) is 17.5 Å². The molecule has 0 spiro atoms. The normalized spacial score (nSPS) is 18.4. The summed E-state index contributed by atoms with van der Waals surface area (Å²) < 4.78 is 0. The van der Waals surface area contributed by atoms with E-state index in [2.05, 4.69) is 10.6 Å². The van der Waals surface area contributed by atoms with Gasteiger partial charge in [0.05, 0.1) is 5.54 Å². The lowest BCUT2D eigenvalue weighted by molar-refractivity contribution is -0.123. The maximum absolute atomic E-state index is 12.1. The van der Waals surface area contributed by atoms with E-state index in [4.69, 9.17) is 11.6 Å². The maximum atomic E-state index is 12.1. The molecule has 0 radical (unpaired) electrons. The zero-order valence-electron chi connectivity index (χ0n) is 11.9. The first-order valence-electron chi connectivity index (χ1n) is 6.78. The number of hydrogen-bond donors (Lipinski definition) is 2. The van der Waals surface area contributed by atoms with Gasteiger partial charge in [0.15, 0.2) is 0 Å². The van der Waals surface area contributed by atoms with Crippen LogP contribution in [0.15, 0.2) is 24.3 Å². The number of amides is 1. The molecule has 1 saturated heterocycles. The Hall–Kier alpha value is -0.770. The van der Waals surface area contributed by atoms with Crippen LogP contribution in [0, 0.1) is 0 Å². The minimum atomic E-state index is -0.402. The molecule has 1 amide bonds. The summed E-state index contributed by atoms with van der Waals surface area (Å²) in [6.45, 7) is 5.02. The van der Waals surface area contributed by atoms with Crippen LogP contribution in [-0.2, 0) is 10.3 Å². The molecular formula is C15H22Cl2N2O. The van der Waals surface area contributed by atoms with Gasteiger partial charge in [-0.25, -0.2) is 0 Å². The van der Waals surface area contributed by atoms with Gasteiger partial charge in [0.1, 0.15) is 0 Å². The molecular weight excluding hydrogens is 295 g/mol. The number of halogens is 2. The first-order chi connectivity index (χ1) is 8.97. The average molecular weight is 317 g/mol. The fraction of sp³-hybridized carbons (Fsp3) is 0.533. The summed E-state index contributed by atoms with van der Waals surface area (Å²) in [5, 5.41) is 7.12. The number of carbonyl (C=O) groups excluding carboxylic acids is 1. The minimum Gasteiger partial charge on any atom is -0.347 e. The summed E-state index contributed by atoms with van der Waals surface area (Å²) in [5.74, 6) is 0.0874. The van der Waals surface area contributed by atoms with Gasteiger partial charge in [0.25, 0.3) is 0 Å². The highest BCUT2D eigenvalue weighted by molar-refractivity contribution is 6.30. The van der Waals surface area contributed by atoms with Crippen LogP contribution < -0.4 is 10.6 Å². The topological polar surface area (TPSA) is 41.1 Å². The molecule has 1 heterocycles. The average Bonchev–Trinajstić information content (AvgIpc) is 2.81. The number of nitrogens with one attached hydrogen (secondary N) is 2. The third-order valence-corrected chi connectivity index (χ3v) is 3.83. The Morgan fingerprint density at radius 3 is 2.85 bits per heavy atom. The predicted octanol–water partition coefficient (Wildman–Crippen LogP) is 3.26. The Labute approximate surface area is 131 Å². The van der Waals surface area contributed by atoms with Crippen LogP contribution >= 0.6 is 24.0 Å². The lowest BCUT2D eigenvalue weighted by Crippen LogP contribution is -2.43. The van der Waals surface area contributed by atoms with Crippen LogP contribution in [0.3, 0.4) is 0 Å². The smallest absolute Gasteiger partial charge is 0.222 e. The fourth-order valence-electron chi connectivity index (χ4n) is 2.50. The Balaban J connectivity index is 0.00000200. The molecule has 1 atom stereocenters. The SMILES string of the molecule is CC(C)(NC(=O)CC1CCCN1)c1cccc(Cl)c1.Cl. The summed E-state index contributed by atoms with van der Waals surface area (Å²) in [6, 6.07) is 7.96. The molecule has 3 nitrogen and oxygen atoms in total. The minimum absolute atomic E-state index is 0. The molecule has 0 aromatic heterocycles. The lowest BCUT2D eigenvalue weighted by Gasteiger charge is -2.27. The molecule has 2 N–H and O–H groups in total. The molecule has 20 heavy (non-hydrogen) atoms. The van der Waals surface area contributed by atoms with E-state index in [0.29, 0.717) is 17.5 Å². The van der Waals surface area contributed by atoms with Crippen molar-refractivity contribution in [3.8, 4) is 0 Å². The second kappa shape index (κ2) is 7.30. The standard InChI is InChI=1S/C15H21ClN2O.ClH/c1-15(2,11-5-3-6-12(16)9-11)18-14(19)10-13-7-4-8-17-13;/h3,5-6,9,13,17H,4,7-8,10H2,1-2H3,(H,18,19);1H. The van der Waals surface area contributed by atoms with Crippen molar-refractivity contribution in [2.24, 2.45) is 0 Å². The van der Waals surface area contributed by atoms with Crippen LogP contribution in [0.1, 0.15) is 38.7 Å². The van der Waals surface area contributed by atoms with E-state index in [1.54, 1.807) is 0 Å². The molecule has 0 bridgehead atoms. The van der Waals surface area contributed by atoms with E-state index in [0.717, 1.165) is 24.9 Å². The number of carbonyl (C=O) groups is 1. The molecule has 1 aromatic carbocycles. The highest BCUT2D eigenvalue weighted by Crippen LogP contribution is 2.23. The zero-order chi connectivity index (χ0) is 13.9. The number of benzene rings is 1. The summed E-state index contributed by atoms with van der Waals surface area (Å²) in [7, 11) is 0. The molecule has 1 fully saturated rings. The van der Waals surface area contributed by atoms with Gasteiger partial charge in [-0.1, -0.05) is 23.7 Å². The second-order valence-corrected chi connectivity index (χ2v) is 6.12. The van der Waals surface area contributed by atoms with Crippen molar-refractivity contribution in [3.05, 3.63) is 34.9 Å². The highest BCUT2D eigenvalue weighted by atomic mass is 35.5. The molecule has 0 saturated carbocycles. The highest BCUT2D eigenvalue weighted by Gasteiger charge is 2.25. The third kappa shape index (κ3) is 4.65. The quantitative estimate of drug-likeness (QED) is 0.895. The lowest BCUT2D eigenvalue weighted by atomic mass is 9.94. The summed E-state index contributed by atoms with van der Waals surface area (Å²) >= 11 is 6.00. The Morgan fingerprint density at radius 1 is 1.50 bits per heavy atom. The van der Waals surface area contributed by atoms with E-state index in [-0.39, 0.29) is 18.3 Å². The molecule has 112 valence electrons. The second-order valence-electron chi connectivity index (χ2n) is 5.68. The molecule has 1 aliphatic heterocycles. The third-order valence-electron chi connectivity index (χ3n) is 3.59. The van der Waals surface area contributed by atoms with Crippen molar-refractivity contribution in [2.75, 3.05) is 6.54 Å². The van der Waals surface area contributed by atoms with Crippen molar-refractivity contribution in [1.29, 1.82) is 0 Å². The first kappa shape index (κ1) is 17.3. The number of hydrogen-bond acceptors (Lipinski definition) is 2. The van der Waals surface area contributed by atoms with Gasteiger partial charge < -0.3 is 10.6 Å². The molecule has 1 unspecified atom stereocenters. The molecule has 5 heteroatoms. The zero-order valence-corrected chi connectivity index (χ0v) is 13.5. The van der Waals surface area contributed by atoms with E-state index in [1.165, 1.54) is 0 Å². The van der Waals surface area contributed by atoms with Crippen molar-refractivity contribution in [2.45, 2.75) is 44.7 Å². The maximum Gasteiger partial charge on any atom is 0.222 e. The monoisotopic (exact) mass is 316 g/mol. The van der Waals surface area contributed by atoms with Gasteiger partial charge in [-0.2, -0.15) is 0 Å². The van der Waals surface area contributed by atoms with Crippen molar-refractivity contribution in [3.63, 3.8) is 0 Å². The van der Waals surface area contributed by atoms with Crippen LogP contribution in [0.5, 0.6) is 0 Å². The van der Waals surface area contributed by atoms with Crippen LogP contribution in [0.4, 0.5) is 0 Å². The summed E-state index contributed by atoms with van der Waals surface area (Å²) in [4.78, 5) is 12.1. The van der Waals surface area contributed by atoms with Gasteiger partial charge in [-0.15, -0.1) is 12.4 Å². The van der Waals surface area contributed by atoms with Crippen molar-refractivity contribution in [1.82, 2.24) is 10.6 Å². The number of rotatable bonds is 4. The Kier molecular flexibility index (Phi) is 6.31. The van der Waals surface area contributed by atoms with Gasteiger partial charge in [-0.05, 0) is 50.9 Å². The van der Waals surface area contributed by atoms with Crippen LogP contribution in [-0.4, -0.2) is 18.5 Å². The molecule has 0 aliphatic carbocycles. The van der Waals surface area contributed by atoms with E-state index >= 15 is 0 Å². The van der Waals surface area contributed by atoms with Gasteiger partial charge in [0.2, 0.25) is 5.91 Å². The predicted molar refractivity (Wildman–Crippen MR) is 85.5 cm³/mol. The van der Waals surface area contributed by atoms with Crippen molar-refractivity contribution < 1.29 is 4.79 Å². The summed E-state index contributed by atoms with van der Waals surface area (Å²) in [6.07, 6.45) is 2.80. The van der Waals surface area contributed by atoms with Gasteiger partial charge >= 0.3 is 0 Å². The first-order valence-corrected chi connectivity index (χ1v) is 7.15. The van der Waals surface area contributed by atoms with Crippen LogP contribution in [0.25, 0.3) is 0 Å². The largest absolute Gasteiger partial charge is 0.347 e. The fourth-order valence-corrected chi connectivity index (χ4v) is 2.69.